The minimum atomic E-state index is 0.143. The van der Waals surface area contributed by atoms with Crippen molar-refractivity contribution in [3.05, 3.63) is 119 Å². The third-order valence-electron chi connectivity index (χ3n) is 6.84. The van der Waals surface area contributed by atoms with Crippen molar-refractivity contribution in [2.45, 2.75) is 66.2 Å². The van der Waals surface area contributed by atoms with Crippen molar-refractivity contribution in [1.82, 2.24) is 24.8 Å². The standard InChI is InChI=1S/C33H41N5O/c1-4-18-37(19-5-2)22-28-9-7-27(8-10-28)20-32(39)30-13-11-29(12-14-30)23-38(25-33-34-16-17-35-33)24-31-15-6-26(3)21-36-31/h6-17,21H,4-5,18-20,22-25H2,1-3H3,(H,34,35). The second-order valence-corrected chi connectivity index (χ2v) is 10.4. The average molecular weight is 524 g/mol. The summed E-state index contributed by atoms with van der Waals surface area (Å²) in [7, 11) is 0. The second-order valence-electron chi connectivity index (χ2n) is 10.4. The van der Waals surface area contributed by atoms with Gasteiger partial charge >= 0.3 is 0 Å². The minimum absolute atomic E-state index is 0.143. The number of pyridine rings is 1. The number of nitrogens with one attached hydrogen (secondary N) is 1. The van der Waals surface area contributed by atoms with Gasteiger partial charge < -0.3 is 4.98 Å². The molecule has 0 aliphatic rings. The van der Waals surface area contributed by atoms with Crippen molar-refractivity contribution in [1.29, 1.82) is 0 Å². The Kier molecular flexibility index (Phi) is 10.6. The van der Waals surface area contributed by atoms with Crippen molar-refractivity contribution < 1.29 is 4.79 Å². The van der Waals surface area contributed by atoms with Gasteiger partial charge in [-0.1, -0.05) is 68.4 Å². The normalized spacial score (nSPS) is 11.4. The van der Waals surface area contributed by atoms with Gasteiger partial charge in [0.25, 0.3) is 0 Å². The fourth-order valence-corrected chi connectivity index (χ4v) is 4.85. The maximum Gasteiger partial charge on any atom is 0.167 e. The van der Waals surface area contributed by atoms with Crippen LogP contribution in [0, 0.1) is 6.92 Å². The zero-order valence-electron chi connectivity index (χ0n) is 23.6. The van der Waals surface area contributed by atoms with Gasteiger partial charge in [-0.2, -0.15) is 0 Å². The Morgan fingerprint density at radius 1 is 0.744 bits per heavy atom. The maximum atomic E-state index is 13.0. The molecular formula is C33H41N5O. The zero-order chi connectivity index (χ0) is 27.5. The van der Waals surface area contributed by atoms with Crippen LogP contribution in [-0.2, 0) is 32.6 Å². The fraction of sp³-hybridized carbons (Fsp3) is 0.364. The van der Waals surface area contributed by atoms with Crippen LogP contribution in [0.25, 0.3) is 0 Å². The highest BCUT2D eigenvalue weighted by Gasteiger charge is 2.13. The van der Waals surface area contributed by atoms with E-state index in [2.05, 4.69) is 87.1 Å². The molecule has 39 heavy (non-hydrogen) atoms. The fourth-order valence-electron chi connectivity index (χ4n) is 4.85. The number of rotatable bonds is 15. The molecule has 4 rings (SSSR count). The molecule has 204 valence electrons. The summed E-state index contributed by atoms with van der Waals surface area (Å²) in [6, 6.07) is 20.7. The summed E-state index contributed by atoms with van der Waals surface area (Å²) in [6.45, 7) is 11.8. The number of carbonyl (C=O) groups excluding carboxylic acids is 1. The van der Waals surface area contributed by atoms with E-state index in [1.165, 1.54) is 5.56 Å². The molecule has 2 aromatic carbocycles. The summed E-state index contributed by atoms with van der Waals surface area (Å²) in [5.74, 6) is 1.06. The Balaban J connectivity index is 1.35. The minimum Gasteiger partial charge on any atom is -0.348 e. The van der Waals surface area contributed by atoms with Crippen molar-refractivity contribution in [3.63, 3.8) is 0 Å². The Morgan fingerprint density at radius 2 is 1.38 bits per heavy atom. The molecular weight excluding hydrogens is 482 g/mol. The number of H-pyrrole nitrogens is 1. The molecule has 2 aromatic heterocycles. The monoisotopic (exact) mass is 523 g/mol. The number of aryl methyl sites for hydroxylation is 1. The lowest BCUT2D eigenvalue weighted by atomic mass is 10.0. The number of hydrogen-bond acceptors (Lipinski definition) is 5. The van der Waals surface area contributed by atoms with Crippen molar-refractivity contribution >= 4 is 5.78 Å². The van der Waals surface area contributed by atoms with Crippen LogP contribution in [0.15, 0.2) is 79.3 Å². The lowest BCUT2D eigenvalue weighted by Gasteiger charge is -2.21. The summed E-state index contributed by atoms with van der Waals surface area (Å²) in [5, 5.41) is 0. The predicted octanol–water partition coefficient (Wildman–Crippen LogP) is 6.36. The number of aromatic amines is 1. The summed E-state index contributed by atoms with van der Waals surface area (Å²) in [4.78, 5) is 30.0. The van der Waals surface area contributed by atoms with E-state index < -0.39 is 0 Å². The summed E-state index contributed by atoms with van der Waals surface area (Å²) < 4.78 is 0. The first kappa shape index (κ1) is 28.4. The van der Waals surface area contributed by atoms with E-state index >= 15 is 0 Å². The Hall–Kier alpha value is -3.61. The molecule has 6 heteroatoms. The third kappa shape index (κ3) is 8.98. The molecule has 0 saturated carbocycles. The SMILES string of the molecule is CCCN(CCC)Cc1ccc(CC(=O)c2ccc(CN(Cc3ccc(C)cn3)Cc3ncc[nH]3)cc2)cc1. The summed E-state index contributed by atoms with van der Waals surface area (Å²) in [5.41, 5.74) is 6.43. The maximum absolute atomic E-state index is 13.0. The van der Waals surface area contributed by atoms with E-state index in [9.17, 15) is 4.79 Å². The number of carbonyl (C=O) groups is 1. The predicted molar refractivity (Wildman–Crippen MR) is 157 cm³/mol. The zero-order valence-corrected chi connectivity index (χ0v) is 23.6. The van der Waals surface area contributed by atoms with E-state index in [1.54, 1.807) is 6.20 Å². The molecule has 2 heterocycles. The molecule has 0 bridgehead atoms. The molecule has 0 amide bonds. The van der Waals surface area contributed by atoms with E-state index in [0.717, 1.165) is 72.8 Å². The molecule has 0 saturated heterocycles. The van der Waals surface area contributed by atoms with Crippen molar-refractivity contribution in [2.24, 2.45) is 0 Å². The first-order chi connectivity index (χ1) is 19.0. The molecule has 0 aliphatic heterocycles. The highest BCUT2D eigenvalue weighted by atomic mass is 16.1. The molecule has 0 radical (unpaired) electrons. The quantitative estimate of drug-likeness (QED) is 0.184. The molecule has 0 atom stereocenters. The van der Waals surface area contributed by atoms with Gasteiger partial charge in [0.1, 0.15) is 5.82 Å². The summed E-state index contributed by atoms with van der Waals surface area (Å²) >= 11 is 0. The number of benzene rings is 2. The van der Waals surface area contributed by atoms with Crippen LogP contribution in [0.3, 0.4) is 0 Å². The van der Waals surface area contributed by atoms with Crippen LogP contribution in [-0.4, -0.2) is 43.6 Å². The topological polar surface area (TPSA) is 65.1 Å². The van der Waals surface area contributed by atoms with Crippen molar-refractivity contribution in [2.75, 3.05) is 13.1 Å². The number of hydrogen-bond donors (Lipinski definition) is 1. The first-order valence-corrected chi connectivity index (χ1v) is 14.1. The molecule has 0 spiro atoms. The van der Waals surface area contributed by atoms with Gasteiger partial charge in [0.2, 0.25) is 0 Å². The highest BCUT2D eigenvalue weighted by molar-refractivity contribution is 5.97. The lowest BCUT2D eigenvalue weighted by molar-refractivity contribution is 0.0993. The van der Waals surface area contributed by atoms with Crippen LogP contribution >= 0.6 is 0 Å². The van der Waals surface area contributed by atoms with E-state index in [-0.39, 0.29) is 5.78 Å². The van der Waals surface area contributed by atoms with Crippen molar-refractivity contribution in [3.8, 4) is 0 Å². The lowest BCUT2D eigenvalue weighted by Crippen LogP contribution is -2.24. The molecule has 1 N–H and O–H groups in total. The van der Waals surface area contributed by atoms with Crippen LogP contribution < -0.4 is 0 Å². The van der Waals surface area contributed by atoms with Gasteiger partial charge in [0, 0.05) is 50.2 Å². The summed E-state index contributed by atoms with van der Waals surface area (Å²) in [6.07, 6.45) is 8.27. The number of imidazole rings is 1. The number of aromatic nitrogens is 3. The van der Waals surface area contributed by atoms with Crippen LogP contribution in [0.2, 0.25) is 0 Å². The molecule has 4 aromatic rings. The van der Waals surface area contributed by atoms with Gasteiger partial charge in [-0.3, -0.25) is 19.6 Å². The number of ketones is 1. The van der Waals surface area contributed by atoms with E-state index in [0.29, 0.717) is 19.5 Å². The molecule has 0 fully saturated rings. The van der Waals surface area contributed by atoms with Gasteiger partial charge in [0.05, 0.1) is 12.2 Å². The highest BCUT2D eigenvalue weighted by Crippen LogP contribution is 2.16. The molecule has 0 aliphatic carbocycles. The van der Waals surface area contributed by atoms with E-state index in [4.69, 9.17) is 0 Å². The Bertz CT molecular complexity index is 1260. The van der Waals surface area contributed by atoms with Gasteiger partial charge in [-0.25, -0.2) is 4.98 Å². The largest absolute Gasteiger partial charge is 0.348 e. The molecule has 0 unspecified atom stereocenters. The third-order valence-corrected chi connectivity index (χ3v) is 6.84. The Labute approximate surface area is 233 Å². The number of Topliss-reactive ketones (excluding diaryl/α,β-unsaturated/α-hetero) is 1. The van der Waals surface area contributed by atoms with E-state index in [1.807, 2.05) is 31.5 Å². The van der Waals surface area contributed by atoms with Crippen LogP contribution in [0.5, 0.6) is 0 Å². The van der Waals surface area contributed by atoms with Gasteiger partial charge in [0.15, 0.2) is 5.78 Å². The average Bonchev–Trinajstić information content (AvgIpc) is 3.45. The first-order valence-electron chi connectivity index (χ1n) is 14.1. The van der Waals surface area contributed by atoms with Crippen LogP contribution in [0.1, 0.15) is 70.8 Å². The smallest absolute Gasteiger partial charge is 0.167 e. The van der Waals surface area contributed by atoms with Gasteiger partial charge in [-0.15, -0.1) is 0 Å². The molecule has 6 nitrogen and oxygen atoms in total. The Morgan fingerprint density at radius 3 is 1.97 bits per heavy atom. The van der Waals surface area contributed by atoms with Crippen LogP contribution in [0.4, 0.5) is 0 Å². The van der Waals surface area contributed by atoms with Gasteiger partial charge in [-0.05, 0) is 61.2 Å². The number of nitrogens with zero attached hydrogens (tertiary/aromatic N) is 4. The second kappa shape index (κ2) is 14.5.